The Kier molecular flexibility index (Phi) is 4.82. The van der Waals surface area contributed by atoms with E-state index in [2.05, 4.69) is 22.3 Å². The molecule has 0 aliphatic carbocycles. The second-order valence-electron chi connectivity index (χ2n) is 8.81. The van der Waals surface area contributed by atoms with Gasteiger partial charge in [-0.25, -0.2) is 0 Å². The molecule has 3 aliphatic rings. The standard InChI is InChI=1S/C27H24N2O3S/c1-32-19-12-13-21-20(14-19)27(26(31)28-21)24(25(30)18-10-6-3-7-11-18)23(17-8-4-2-5-9-17)22-15-33-16-29(22)27/h2-14,22-24H,15-16H2,1H3,(H,28,31)/t22-,23+,24-,27-/m1/s1. The van der Waals surface area contributed by atoms with Gasteiger partial charge < -0.3 is 10.1 Å². The maximum absolute atomic E-state index is 14.3. The first-order chi connectivity index (χ1) is 16.2. The molecular weight excluding hydrogens is 432 g/mol. The average Bonchev–Trinajstić information content (AvgIpc) is 3.52. The number of ketones is 1. The third kappa shape index (κ3) is 2.84. The van der Waals surface area contributed by atoms with E-state index in [1.54, 1.807) is 7.11 Å². The summed E-state index contributed by atoms with van der Waals surface area (Å²) in [6, 6.07) is 25.4. The molecule has 3 aromatic rings. The fourth-order valence-electron chi connectivity index (χ4n) is 6.01. The number of Topliss-reactive ketones (excluding diaryl/α,β-unsaturated/α-hetero) is 1. The van der Waals surface area contributed by atoms with Crippen LogP contribution in [0.3, 0.4) is 0 Å². The molecule has 1 N–H and O–H groups in total. The van der Waals surface area contributed by atoms with Crippen LogP contribution in [0.15, 0.2) is 78.9 Å². The molecular formula is C27H24N2O3S. The molecule has 3 heterocycles. The lowest BCUT2D eigenvalue weighted by Gasteiger charge is -2.36. The third-order valence-corrected chi connectivity index (χ3v) is 8.39. The topological polar surface area (TPSA) is 58.6 Å². The van der Waals surface area contributed by atoms with Crippen molar-refractivity contribution in [1.29, 1.82) is 0 Å². The van der Waals surface area contributed by atoms with Crippen LogP contribution < -0.4 is 10.1 Å². The van der Waals surface area contributed by atoms with Crippen LogP contribution in [-0.4, -0.2) is 41.4 Å². The lowest BCUT2D eigenvalue weighted by Crippen LogP contribution is -2.52. The van der Waals surface area contributed by atoms with Gasteiger partial charge in [-0.3, -0.25) is 14.5 Å². The number of hydrogen-bond acceptors (Lipinski definition) is 5. The Morgan fingerprint density at radius 1 is 1.06 bits per heavy atom. The van der Waals surface area contributed by atoms with Gasteiger partial charge in [-0.1, -0.05) is 60.7 Å². The predicted octanol–water partition coefficient (Wildman–Crippen LogP) is 4.51. The van der Waals surface area contributed by atoms with Gasteiger partial charge in [-0.15, -0.1) is 11.8 Å². The molecule has 2 saturated heterocycles. The Bertz CT molecular complexity index is 1230. The highest BCUT2D eigenvalue weighted by molar-refractivity contribution is 7.99. The molecule has 166 valence electrons. The highest BCUT2D eigenvalue weighted by Crippen LogP contribution is 2.61. The van der Waals surface area contributed by atoms with Crippen LogP contribution in [0.4, 0.5) is 5.69 Å². The number of anilines is 1. The first kappa shape index (κ1) is 20.5. The summed E-state index contributed by atoms with van der Waals surface area (Å²) in [6.45, 7) is 0. The summed E-state index contributed by atoms with van der Waals surface area (Å²) in [5.41, 5.74) is 2.26. The van der Waals surface area contributed by atoms with Gasteiger partial charge in [0, 0.05) is 40.4 Å². The lowest BCUT2D eigenvalue weighted by atomic mass is 9.69. The SMILES string of the molecule is COc1ccc2c(c1)[C@]1(C(=O)N2)[C@@H](C(=O)c2ccccc2)[C@@H](c2ccccc2)[C@H]2CSCN21. The van der Waals surface area contributed by atoms with Gasteiger partial charge in [0.25, 0.3) is 0 Å². The van der Waals surface area contributed by atoms with E-state index in [1.165, 1.54) is 0 Å². The number of fused-ring (bicyclic) bond motifs is 4. The zero-order chi connectivity index (χ0) is 22.6. The molecule has 0 saturated carbocycles. The molecule has 1 spiro atoms. The van der Waals surface area contributed by atoms with Crippen molar-refractivity contribution in [2.24, 2.45) is 5.92 Å². The number of carbonyl (C=O) groups excluding carboxylic acids is 2. The van der Waals surface area contributed by atoms with E-state index >= 15 is 0 Å². The number of ether oxygens (including phenoxy) is 1. The first-order valence-electron chi connectivity index (χ1n) is 11.1. The normalized spacial score (nSPS) is 27.9. The minimum atomic E-state index is -1.08. The molecule has 6 rings (SSSR count). The Balaban J connectivity index is 1.63. The van der Waals surface area contributed by atoms with Crippen LogP contribution >= 0.6 is 11.8 Å². The summed E-state index contributed by atoms with van der Waals surface area (Å²) in [5.74, 6) is 1.50. The highest BCUT2D eigenvalue weighted by Gasteiger charge is 2.69. The summed E-state index contributed by atoms with van der Waals surface area (Å²) in [5, 5.41) is 3.10. The minimum Gasteiger partial charge on any atom is -0.497 e. The molecule has 0 aromatic heterocycles. The molecule has 6 heteroatoms. The van der Waals surface area contributed by atoms with Gasteiger partial charge in [-0.05, 0) is 23.8 Å². The van der Waals surface area contributed by atoms with Crippen LogP contribution in [-0.2, 0) is 10.3 Å². The Morgan fingerprint density at radius 2 is 1.79 bits per heavy atom. The third-order valence-electron chi connectivity index (χ3n) is 7.35. The van der Waals surface area contributed by atoms with Gasteiger partial charge in [0.15, 0.2) is 5.78 Å². The Hall–Kier alpha value is -3.09. The van der Waals surface area contributed by atoms with Crippen LogP contribution in [0.1, 0.15) is 27.4 Å². The van der Waals surface area contributed by atoms with E-state index in [1.807, 2.05) is 78.5 Å². The summed E-state index contributed by atoms with van der Waals surface area (Å²) < 4.78 is 5.53. The van der Waals surface area contributed by atoms with E-state index in [9.17, 15) is 9.59 Å². The van der Waals surface area contributed by atoms with Crippen molar-refractivity contribution in [3.05, 3.63) is 95.6 Å². The predicted molar refractivity (Wildman–Crippen MR) is 130 cm³/mol. The van der Waals surface area contributed by atoms with Crippen LogP contribution in [0.5, 0.6) is 5.75 Å². The molecule has 33 heavy (non-hydrogen) atoms. The van der Waals surface area contributed by atoms with Crippen molar-refractivity contribution >= 4 is 29.1 Å². The fourth-order valence-corrected chi connectivity index (χ4v) is 7.34. The molecule has 1 amide bonds. The number of benzene rings is 3. The molecule has 5 nitrogen and oxygen atoms in total. The minimum absolute atomic E-state index is 0.00896. The monoisotopic (exact) mass is 456 g/mol. The maximum atomic E-state index is 14.3. The second kappa shape index (κ2) is 7.75. The van der Waals surface area contributed by atoms with Crippen molar-refractivity contribution in [1.82, 2.24) is 4.90 Å². The first-order valence-corrected chi connectivity index (χ1v) is 12.3. The Morgan fingerprint density at radius 3 is 2.52 bits per heavy atom. The molecule has 0 unspecified atom stereocenters. The van der Waals surface area contributed by atoms with E-state index in [-0.39, 0.29) is 23.7 Å². The van der Waals surface area contributed by atoms with Crippen molar-refractivity contribution in [2.45, 2.75) is 17.5 Å². The lowest BCUT2D eigenvalue weighted by molar-refractivity contribution is -0.127. The molecule has 3 aromatic carbocycles. The van der Waals surface area contributed by atoms with Gasteiger partial charge >= 0.3 is 0 Å². The summed E-state index contributed by atoms with van der Waals surface area (Å²) in [6.07, 6.45) is 0. The molecule has 3 aliphatic heterocycles. The summed E-state index contributed by atoms with van der Waals surface area (Å²) >= 11 is 1.82. The Labute approximate surface area is 197 Å². The van der Waals surface area contributed by atoms with Gasteiger partial charge in [0.05, 0.1) is 13.0 Å². The van der Waals surface area contributed by atoms with Crippen molar-refractivity contribution in [3.8, 4) is 5.75 Å². The zero-order valence-corrected chi connectivity index (χ0v) is 19.0. The molecule has 0 radical (unpaired) electrons. The summed E-state index contributed by atoms with van der Waals surface area (Å²) in [4.78, 5) is 30.5. The average molecular weight is 457 g/mol. The molecule has 2 fully saturated rings. The number of thioether (sulfide) groups is 1. The molecule has 0 bridgehead atoms. The zero-order valence-electron chi connectivity index (χ0n) is 18.2. The number of methoxy groups -OCH3 is 1. The summed E-state index contributed by atoms with van der Waals surface area (Å²) in [7, 11) is 1.63. The number of hydrogen-bond donors (Lipinski definition) is 1. The van der Waals surface area contributed by atoms with Gasteiger partial charge in [0.1, 0.15) is 11.3 Å². The van der Waals surface area contributed by atoms with E-state index in [0.717, 1.165) is 22.6 Å². The quantitative estimate of drug-likeness (QED) is 0.586. The van der Waals surface area contributed by atoms with Crippen molar-refractivity contribution in [2.75, 3.05) is 24.1 Å². The number of nitrogens with zero attached hydrogens (tertiary/aromatic N) is 1. The smallest absolute Gasteiger partial charge is 0.250 e. The van der Waals surface area contributed by atoms with Crippen LogP contribution in [0, 0.1) is 5.92 Å². The van der Waals surface area contributed by atoms with E-state index in [4.69, 9.17) is 4.74 Å². The van der Waals surface area contributed by atoms with E-state index in [0.29, 0.717) is 17.2 Å². The van der Waals surface area contributed by atoms with Crippen molar-refractivity contribution in [3.63, 3.8) is 0 Å². The number of rotatable bonds is 4. The number of amides is 1. The van der Waals surface area contributed by atoms with Crippen LogP contribution in [0.2, 0.25) is 0 Å². The number of nitrogens with one attached hydrogen (secondary N) is 1. The van der Waals surface area contributed by atoms with E-state index < -0.39 is 11.5 Å². The second-order valence-corrected chi connectivity index (χ2v) is 9.81. The highest BCUT2D eigenvalue weighted by atomic mass is 32.2. The number of carbonyl (C=O) groups is 2. The van der Waals surface area contributed by atoms with Gasteiger partial charge in [0.2, 0.25) is 5.91 Å². The molecule has 4 atom stereocenters. The largest absolute Gasteiger partial charge is 0.497 e. The fraction of sp³-hybridized carbons (Fsp3) is 0.259. The van der Waals surface area contributed by atoms with Crippen LogP contribution in [0.25, 0.3) is 0 Å². The van der Waals surface area contributed by atoms with Crippen molar-refractivity contribution < 1.29 is 14.3 Å². The van der Waals surface area contributed by atoms with Gasteiger partial charge in [-0.2, -0.15) is 0 Å². The maximum Gasteiger partial charge on any atom is 0.250 e.